The summed E-state index contributed by atoms with van der Waals surface area (Å²) < 4.78 is 28.6. The SMILES string of the molecule is CC1CC(c2ccccc2C(=O)NS(=O)(=O)c2cccc(Nc3ccc4c(c3)CCC4)n2)C(C)(C)C1. The summed E-state index contributed by atoms with van der Waals surface area (Å²) in [5.74, 6) is 0.523. The molecule has 1 fully saturated rings. The molecule has 3 aromatic rings. The molecule has 1 amide bonds. The van der Waals surface area contributed by atoms with Gasteiger partial charge in [0.2, 0.25) is 0 Å². The lowest BCUT2D eigenvalue weighted by molar-refractivity contribution is 0.0979. The fourth-order valence-electron chi connectivity index (χ4n) is 6.06. The number of carbonyl (C=O) groups excluding carboxylic acids is 1. The van der Waals surface area contributed by atoms with E-state index in [2.05, 4.69) is 47.9 Å². The fourth-order valence-corrected chi connectivity index (χ4v) is 7.00. The van der Waals surface area contributed by atoms with Crippen LogP contribution in [0.3, 0.4) is 0 Å². The van der Waals surface area contributed by atoms with Crippen LogP contribution in [0, 0.1) is 11.3 Å². The number of hydrogen-bond acceptors (Lipinski definition) is 5. The number of nitrogens with one attached hydrogen (secondary N) is 2. The van der Waals surface area contributed by atoms with E-state index < -0.39 is 15.9 Å². The molecule has 0 aliphatic heterocycles. The number of anilines is 2. The van der Waals surface area contributed by atoms with Gasteiger partial charge in [-0.2, -0.15) is 8.42 Å². The number of rotatable bonds is 6. The van der Waals surface area contributed by atoms with Crippen LogP contribution in [0.25, 0.3) is 0 Å². The Morgan fingerprint density at radius 1 is 1.00 bits per heavy atom. The highest BCUT2D eigenvalue weighted by Gasteiger charge is 2.41. The molecule has 1 heterocycles. The molecule has 2 N–H and O–H groups in total. The number of hydrogen-bond donors (Lipinski definition) is 2. The molecule has 188 valence electrons. The number of aryl methyl sites for hydroxylation is 2. The second-order valence-electron chi connectivity index (χ2n) is 10.9. The number of sulfonamides is 1. The zero-order valence-corrected chi connectivity index (χ0v) is 21.9. The molecule has 2 unspecified atom stereocenters. The maximum absolute atomic E-state index is 13.3. The smallest absolute Gasteiger partial charge is 0.281 e. The Hall–Kier alpha value is -3.19. The van der Waals surface area contributed by atoms with Crippen molar-refractivity contribution in [3.63, 3.8) is 0 Å². The molecule has 36 heavy (non-hydrogen) atoms. The lowest BCUT2D eigenvalue weighted by atomic mass is 9.76. The highest BCUT2D eigenvalue weighted by molar-refractivity contribution is 7.90. The van der Waals surface area contributed by atoms with E-state index in [1.54, 1.807) is 24.3 Å². The summed E-state index contributed by atoms with van der Waals surface area (Å²) in [6.45, 7) is 6.66. The minimum absolute atomic E-state index is 0.0355. The summed E-state index contributed by atoms with van der Waals surface area (Å²) >= 11 is 0. The molecule has 2 aromatic carbocycles. The van der Waals surface area contributed by atoms with Crippen molar-refractivity contribution in [3.05, 3.63) is 82.9 Å². The monoisotopic (exact) mass is 503 g/mol. The summed E-state index contributed by atoms with van der Waals surface area (Å²) in [4.78, 5) is 17.6. The van der Waals surface area contributed by atoms with Crippen molar-refractivity contribution >= 4 is 27.4 Å². The van der Waals surface area contributed by atoms with Gasteiger partial charge in [0, 0.05) is 11.3 Å². The summed E-state index contributed by atoms with van der Waals surface area (Å²) in [6, 6.07) is 18.3. The van der Waals surface area contributed by atoms with Gasteiger partial charge in [-0.3, -0.25) is 4.79 Å². The van der Waals surface area contributed by atoms with Gasteiger partial charge in [-0.05, 0) is 96.4 Å². The second kappa shape index (κ2) is 9.36. The number of amides is 1. The van der Waals surface area contributed by atoms with Crippen LogP contribution >= 0.6 is 0 Å². The Bertz CT molecular complexity index is 1410. The van der Waals surface area contributed by atoms with Gasteiger partial charge < -0.3 is 5.32 Å². The highest BCUT2D eigenvalue weighted by atomic mass is 32.2. The van der Waals surface area contributed by atoms with Gasteiger partial charge in [-0.1, -0.05) is 51.1 Å². The Balaban J connectivity index is 1.36. The maximum atomic E-state index is 13.3. The molecule has 0 spiro atoms. The number of aromatic nitrogens is 1. The zero-order valence-electron chi connectivity index (χ0n) is 21.0. The van der Waals surface area contributed by atoms with E-state index in [1.165, 1.54) is 17.2 Å². The predicted molar refractivity (Wildman–Crippen MR) is 142 cm³/mol. The molecule has 0 saturated heterocycles. The average molecular weight is 504 g/mol. The summed E-state index contributed by atoms with van der Waals surface area (Å²) in [7, 11) is -4.16. The van der Waals surface area contributed by atoms with E-state index in [0.29, 0.717) is 17.3 Å². The third-order valence-electron chi connectivity index (χ3n) is 7.63. The van der Waals surface area contributed by atoms with Gasteiger partial charge in [0.05, 0.1) is 0 Å². The topological polar surface area (TPSA) is 88.2 Å². The van der Waals surface area contributed by atoms with Crippen molar-refractivity contribution in [1.82, 2.24) is 9.71 Å². The molecule has 5 rings (SSSR count). The minimum atomic E-state index is -4.16. The largest absolute Gasteiger partial charge is 0.340 e. The summed E-state index contributed by atoms with van der Waals surface area (Å²) in [5, 5.41) is 3.00. The van der Waals surface area contributed by atoms with E-state index in [1.807, 2.05) is 18.2 Å². The Labute approximate surface area is 213 Å². The first-order chi connectivity index (χ1) is 17.1. The minimum Gasteiger partial charge on any atom is -0.340 e. The van der Waals surface area contributed by atoms with Crippen molar-refractivity contribution < 1.29 is 13.2 Å². The van der Waals surface area contributed by atoms with Crippen LogP contribution in [0.5, 0.6) is 0 Å². The molecule has 2 atom stereocenters. The van der Waals surface area contributed by atoms with E-state index in [-0.39, 0.29) is 16.4 Å². The van der Waals surface area contributed by atoms with Crippen molar-refractivity contribution in [1.29, 1.82) is 0 Å². The lowest BCUT2D eigenvalue weighted by Gasteiger charge is -2.28. The molecule has 0 bridgehead atoms. The molecule has 6 nitrogen and oxygen atoms in total. The van der Waals surface area contributed by atoms with Crippen molar-refractivity contribution in [2.45, 2.75) is 63.8 Å². The molecular formula is C29H33N3O3S. The van der Waals surface area contributed by atoms with Gasteiger partial charge >= 0.3 is 0 Å². The number of nitrogens with zero attached hydrogens (tertiary/aromatic N) is 1. The van der Waals surface area contributed by atoms with Crippen LogP contribution in [0.1, 0.15) is 73.0 Å². The van der Waals surface area contributed by atoms with Gasteiger partial charge in [0.15, 0.2) is 5.03 Å². The Morgan fingerprint density at radius 2 is 1.78 bits per heavy atom. The van der Waals surface area contributed by atoms with Crippen LogP contribution in [-0.2, 0) is 22.9 Å². The zero-order chi connectivity index (χ0) is 25.5. The molecule has 2 aliphatic carbocycles. The standard InChI is InChI=1S/C29H33N3O3S/c1-19-16-25(29(2,3)18-19)23-10-4-5-11-24(23)28(33)32-36(34,35)27-13-7-12-26(31-27)30-22-15-14-20-8-6-9-21(20)17-22/h4-5,7,10-15,17,19,25H,6,8-9,16,18H2,1-3H3,(H,30,31)(H,32,33). The molecule has 2 aliphatic rings. The van der Waals surface area contributed by atoms with Gasteiger partial charge in [-0.15, -0.1) is 0 Å². The second-order valence-corrected chi connectivity index (χ2v) is 12.6. The molecule has 1 aromatic heterocycles. The molecule has 0 radical (unpaired) electrons. The van der Waals surface area contributed by atoms with Crippen molar-refractivity contribution in [2.24, 2.45) is 11.3 Å². The van der Waals surface area contributed by atoms with Crippen LogP contribution < -0.4 is 10.0 Å². The van der Waals surface area contributed by atoms with E-state index in [9.17, 15) is 13.2 Å². The van der Waals surface area contributed by atoms with Crippen LogP contribution in [-0.4, -0.2) is 19.3 Å². The number of pyridine rings is 1. The van der Waals surface area contributed by atoms with Gasteiger partial charge in [0.1, 0.15) is 5.82 Å². The van der Waals surface area contributed by atoms with Crippen molar-refractivity contribution in [2.75, 3.05) is 5.32 Å². The number of fused-ring (bicyclic) bond motifs is 1. The normalized spacial score (nSPS) is 20.6. The van der Waals surface area contributed by atoms with Gasteiger partial charge in [0.25, 0.3) is 15.9 Å². The van der Waals surface area contributed by atoms with E-state index in [4.69, 9.17) is 0 Å². The van der Waals surface area contributed by atoms with E-state index >= 15 is 0 Å². The van der Waals surface area contributed by atoms with Crippen LogP contribution in [0.2, 0.25) is 0 Å². The molecular weight excluding hydrogens is 470 g/mol. The highest BCUT2D eigenvalue weighted by Crippen LogP contribution is 2.52. The number of carbonyl (C=O) groups is 1. The Kier molecular flexibility index (Phi) is 6.37. The van der Waals surface area contributed by atoms with Gasteiger partial charge in [-0.25, -0.2) is 9.71 Å². The average Bonchev–Trinajstić information content (AvgIpc) is 3.41. The first-order valence-electron chi connectivity index (χ1n) is 12.6. The first-order valence-corrected chi connectivity index (χ1v) is 14.1. The molecule has 1 saturated carbocycles. The summed E-state index contributed by atoms with van der Waals surface area (Å²) in [5.41, 5.74) is 4.88. The molecule has 7 heteroatoms. The van der Waals surface area contributed by atoms with E-state index in [0.717, 1.165) is 43.4 Å². The first kappa shape index (κ1) is 24.5. The number of benzene rings is 2. The van der Waals surface area contributed by atoms with Crippen LogP contribution in [0.4, 0.5) is 11.5 Å². The Morgan fingerprint density at radius 3 is 2.56 bits per heavy atom. The van der Waals surface area contributed by atoms with Crippen molar-refractivity contribution in [3.8, 4) is 0 Å². The summed E-state index contributed by atoms with van der Waals surface area (Å²) in [6.07, 6.45) is 5.35. The fraction of sp³-hybridized carbons (Fsp3) is 0.379. The van der Waals surface area contributed by atoms with Crippen LogP contribution in [0.15, 0.2) is 65.7 Å². The third-order valence-corrected chi connectivity index (χ3v) is 8.87. The quantitative estimate of drug-likeness (QED) is 0.433. The maximum Gasteiger partial charge on any atom is 0.281 e. The predicted octanol–water partition coefficient (Wildman–Crippen LogP) is 5.97. The lowest BCUT2D eigenvalue weighted by Crippen LogP contribution is -2.32. The third kappa shape index (κ3) is 4.89.